The van der Waals surface area contributed by atoms with E-state index >= 15 is 0 Å². The van der Waals surface area contributed by atoms with Crippen molar-refractivity contribution in [2.75, 3.05) is 32.8 Å². The van der Waals surface area contributed by atoms with Gasteiger partial charge in [0.1, 0.15) is 11.6 Å². The maximum atomic E-state index is 13.4. The van der Waals surface area contributed by atoms with Crippen LogP contribution in [0.3, 0.4) is 0 Å². The summed E-state index contributed by atoms with van der Waals surface area (Å²) < 4.78 is 27.5. The van der Waals surface area contributed by atoms with E-state index in [1.165, 1.54) is 32.5 Å². The fourth-order valence-corrected chi connectivity index (χ4v) is 6.70. The van der Waals surface area contributed by atoms with Crippen LogP contribution >= 0.6 is 0 Å². The molecule has 10 heteroatoms. The minimum atomic E-state index is -3.81. The molecule has 0 saturated carbocycles. The van der Waals surface area contributed by atoms with Gasteiger partial charge in [0.25, 0.3) is 5.91 Å². The quantitative estimate of drug-likeness (QED) is 0.635. The van der Waals surface area contributed by atoms with Gasteiger partial charge in [0, 0.05) is 26.2 Å². The van der Waals surface area contributed by atoms with Gasteiger partial charge in [0.15, 0.2) is 0 Å². The van der Waals surface area contributed by atoms with E-state index < -0.39 is 21.6 Å². The topological polar surface area (TPSA) is 114 Å². The lowest BCUT2D eigenvalue weighted by atomic mass is 9.90. The first-order chi connectivity index (χ1) is 16.7. The molecule has 2 fully saturated rings. The number of carbonyl (C=O) groups is 2. The Kier molecular flexibility index (Phi) is 5.87. The van der Waals surface area contributed by atoms with Gasteiger partial charge >= 0.3 is 6.03 Å². The third-order valence-electron chi connectivity index (χ3n) is 7.25. The number of aryl methyl sites for hydroxylation is 2. The molecule has 1 aliphatic carbocycles. The summed E-state index contributed by atoms with van der Waals surface area (Å²) >= 11 is 0. The Labute approximate surface area is 205 Å². The van der Waals surface area contributed by atoms with Crippen molar-refractivity contribution in [1.82, 2.24) is 19.4 Å². The number of amides is 3. The molecular formula is C25H27N5O4S. The Morgan fingerprint density at radius 1 is 1.03 bits per heavy atom. The van der Waals surface area contributed by atoms with Crippen molar-refractivity contribution in [3.63, 3.8) is 0 Å². The maximum Gasteiger partial charge on any atom is 0.326 e. The number of carbonyl (C=O) groups excluding carboxylic acids is 2. The number of nitriles is 1. The number of fused-ring (bicyclic) bond motifs is 1. The van der Waals surface area contributed by atoms with E-state index in [0.29, 0.717) is 13.1 Å². The Hall–Kier alpha value is -3.26. The monoisotopic (exact) mass is 493 g/mol. The standard InChI is InChI=1S/C25H27N5O4S/c1-25(21-10-9-18-6-4-7-19(18)15-21)23(31)30(24(32)27-25)17-28-11-13-29(14-12-28)35(33,34)22-8-3-2-5-20(22)16-26/h2-3,5,8-10,15H,4,6-7,11-14,17H2,1H3,(H,27,32)/t25-/m1/s1. The van der Waals surface area contributed by atoms with Crippen molar-refractivity contribution < 1.29 is 18.0 Å². The lowest BCUT2D eigenvalue weighted by Crippen LogP contribution is -2.52. The first kappa shape index (κ1) is 23.5. The first-order valence-corrected chi connectivity index (χ1v) is 13.2. The van der Waals surface area contributed by atoms with Gasteiger partial charge in [-0.05, 0) is 55.0 Å². The summed E-state index contributed by atoms with van der Waals surface area (Å²) in [5.74, 6) is -0.307. The minimum Gasteiger partial charge on any atom is -0.319 e. The van der Waals surface area contributed by atoms with E-state index in [1.54, 1.807) is 19.1 Å². The number of piperazine rings is 1. The summed E-state index contributed by atoms with van der Waals surface area (Å²) in [4.78, 5) is 29.3. The van der Waals surface area contributed by atoms with Gasteiger partial charge in [-0.1, -0.05) is 30.3 Å². The van der Waals surface area contributed by atoms with E-state index in [1.807, 2.05) is 23.1 Å². The molecule has 2 saturated heterocycles. The van der Waals surface area contributed by atoms with Crippen molar-refractivity contribution in [2.45, 2.75) is 36.6 Å². The molecular weight excluding hydrogens is 466 g/mol. The number of rotatable bonds is 5. The number of sulfonamides is 1. The average molecular weight is 494 g/mol. The van der Waals surface area contributed by atoms with Crippen LogP contribution in [0.25, 0.3) is 0 Å². The van der Waals surface area contributed by atoms with E-state index in [-0.39, 0.29) is 36.1 Å². The minimum absolute atomic E-state index is 0.00448. The highest BCUT2D eigenvalue weighted by atomic mass is 32.2. The molecule has 9 nitrogen and oxygen atoms in total. The van der Waals surface area contributed by atoms with Crippen molar-refractivity contribution in [1.29, 1.82) is 5.26 Å². The van der Waals surface area contributed by atoms with Gasteiger partial charge in [-0.15, -0.1) is 0 Å². The molecule has 0 unspecified atom stereocenters. The molecule has 0 aromatic heterocycles. The largest absolute Gasteiger partial charge is 0.326 e. The highest BCUT2D eigenvalue weighted by molar-refractivity contribution is 7.89. The van der Waals surface area contributed by atoms with Crippen LogP contribution in [0.15, 0.2) is 47.4 Å². The molecule has 1 atom stereocenters. The Morgan fingerprint density at radius 2 is 1.74 bits per heavy atom. The molecule has 3 aliphatic rings. The maximum absolute atomic E-state index is 13.4. The molecule has 0 spiro atoms. The van der Waals surface area contributed by atoms with Crippen LogP contribution in [0.1, 0.15) is 35.6 Å². The fraction of sp³-hybridized carbons (Fsp3) is 0.400. The summed E-state index contributed by atoms with van der Waals surface area (Å²) in [6, 6.07) is 13.6. The molecule has 182 valence electrons. The van der Waals surface area contributed by atoms with Crippen LogP contribution in [0.4, 0.5) is 4.79 Å². The van der Waals surface area contributed by atoms with Crippen molar-refractivity contribution in [2.24, 2.45) is 0 Å². The highest BCUT2D eigenvalue weighted by Crippen LogP contribution is 2.33. The predicted octanol–water partition coefficient (Wildman–Crippen LogP) is 1.78. The summed E-state index contributed by atoms with van der Waals surface area (Å²) in [6.45, 7) is 2.96. The molecule has 2 aromatic carbocycles. The van der Waals surface area contributed by atoms with Gasteiger partial charge < -0.3 is 5.32 Å². The molecule has 2 heterocycles. The summed E-state index contributed by atoms with van der Waals surface area (Å²) in [5, 5.41) is 12.2. The molecule has 3 amide bonds. The van der Waals surface area contributed by atoms with E-state index in [0.717, 1.165) is 24.8 Å². The molecule has 0 radical (unpaired) electrons. The second-order valence-electron chi connectivity index (χ2n) is 9.40. The van der Waals surface area contributed by atoms with Crippen LogP contribution in [0, 0.1) is 11.3 Å². The number of nitrogens with one attached hydrogen (secondary N) is 1. The van der Waals surface area contributed by atoms with Gasteiger partial charge in [-0.25, -0.2) is 18.1 Å². The number of imide groups is 1. The molecule has 35 heavy (non-hydrogen) atoms. The second kappa shape index (κ2) is 8.75. The first-order valence-electron chi connectivity index (χ1n) is 11.7. The van der Waals surface area contributed by atoms with Crippen LogP contribution in [-0.2, 0) is 33.2 Å². The molecule has 2 aliphatic heterocycles. The van der Waals surface area contributed by atoms with E-state index in [2.05, 4.69) is 11.4 Å². The number of nitrogens with zero attached hydrogens (tertiary/aromatic N) is 4. The molecule has 2 aromatic rings. The molecule has 5 rings (SSSR count). The summed E-state index contributed by atoms with van der Waals surface area (Å²) in [7, 11) is -3.81. The lowest BCUT2D eigenvalue weighted by molar-refractivity contribution is -0.132. The predicted molar refractivity (Wildman–Crippen MR) is 128 cm³/mol. The third kappa shape index (κ3) is 3.99. The van der Waals surface area contributed by atoms with Crippen LogP contribution < -0.4 is 5.32 Å². The van der Waals surface area contributed by atoms with Gasteiger partial charge in [0.05, 0.1) is 17.1 Å². The smallest absolute Gasteiger partial charge is 0.319 e. The Balaban J connectivity index is 1.26. The fourth-order valence-electron chi connectivity index (χ4n) is 5.14. The average Bonchev–Trinajstić information content (AvgIpc) is 3.42. The van der Waals surface area contributed by atoms with Crippen LogP contribution in [0.2, 0.25) is 0 Å². The Morgan fingerprint density at radius 3 is 2.49 bits per heavy atom. The number of benzene rings is 2. The van der Waals surface area contributed by atoms with E-state index in [4.69, 9.17) is 0 Å². The van der Waals surface area contributed by atoms with Crippen molar-refractivity contribution >= 4 is 22.0 Å². The summed E-state index contributed by atoms with van der Waals surface area (Å²) in [5.41, 5.74) is 2.31. The molecule has 0 bridgehead atoms. The zero-order valence-electron chi connectivity index (χ0n) is 19.5. The molecule has 1 N–H and O–H groups in total. The van der Waals surface area contributed by atoms with Crippen LogP contribution in [-0.4, -0.2) is 67.3 Å². The van der Waals surface area contributed by atoms with Crippen molar-refractivity contribution in [3.05, 3.63) is 64.7 Å². The third-order valence-corrected chi connectivity index (χ3v) is 9.21. The Bertz CT molecular complexity index is 1340. The second-order valence-corrected chi connectivity index (χ2v) is 11.3. The normalized spacial score (nSPS) is 23.3. The highest BCUT2D eigenvalue weighted by Gasteiger charge is 2.49. The van der Waals surface area contributed by atoms with Gasteiger partial charge in [-0.3, -0.25) is 9.69 Å². The lowest BCUT2D eigenvalue weighted by Gasteiger charge is -2.35. The van der Waals surface area contributed by atoms with Gasteiger partial charge in [-0.2, -0.15) is 9.57 Å². The van der Waals surface area contributed by atoms with Crippen molar-refractivity contribution in [3.8, 4) is 6.07 Å². The van der Waals surface area contributed by atoms with Crippen LogP contribution in [0.5, 0.6) is 0 Å². The van der Waals surface area contributed by atoms with E-state index in [9.17, 15) is 23.3 Å². The summed E-state index contributed by atoms with van der Waals surface area (Å²) in [6.07, 6.45) is 3.13. The zero-order chi connectivity index (χ0) is 24.8. The number of urea groups is 1. The number of hydrogen-bond donors (Lipinski definition) is 1. The van der Waals surface area contributed by atoms with Gasteiger partial charge in [0.2, 0.25) is 10.0 Å². The number of hydrogen-bond acceptors (Lipinski definition) is 6. The SMILES string of the molecule is C[C@]1(c2ccc3c(c2)CCC3)NC(=O)N(CN2CCN(S(=O)(=O)c3ccccc3C#N)CC2)C1=O. The zero-order valence-corrected chi connectivity index (χ0v) is 20.3.